The number of hydrogen-bond donors (Lipinski definition) is 0. The van der Waals surface area contributed by atoms with E-state index in [2.05, 4.69) is 0 Å². The van der Waals surface area contributed by atoms with Crippen LogP contribution in [0.2, 0.25) is 0 Å². The van der Waals surface area contributed by atoms with Crippen LogP contribution in [-0.4, -0.2) is 36.6 Å². The summed E-state index contributed by atoms with van der Waals surface area (Å²) in [4.78, 5) is 37.1. The quantitative estimate of drug-likeness (QED) is 0.377. The van der Waals surface area contributed by atoms with E-state index in [0.29, 0.717) is 22.0 Å². The number of carbonyl (C=O) groups is 3. The number of rotatable bonds is 3. The standard InChI is InChI=1S/C16H15IO5S2/c1-23-13-7-9-12(24(13,21)22)6-5-8(15(9)17)16(20)14-10(18)3-2-4-11(14)19/h5-6,13-14H,2-4,7H2,1H3. The van der Waals surface area contributed by atoms with Crippen LogP contribution in [0.25, 0.3) is 0 Å². The fourth-order valence-corrected chi connectivity index (χ4v) is 7.48. The lowest BCUT2D eigenvalue weighted by atomic mass is 9.81. The van der Waals surface area contributed by atoms with E-state index in [1.165, 1.54) is 23.9 Å². The lowest BCUT2D eigenvalue weighted by Gasteiger charge is -2.19. The first kappa shape index (κ1) is 18.1. The Labute approximate surface area is 158 Å². The molecular formula is C16H15IO5S2. The van der Waals surface area contributed by atoms with Crippen molar-refractivity contribution in [2.75, 3.05) is 6.26 Å². The van der Waals surface area contributed by atoms with Gasteiger partial charge >= 0.3 is 0 Å². The van der Waals surface area contributed by atoms with Crippen molar-refractivity contribution in [3.05, 3.63) is 26.8 Å². The molecule has 0 saturated heterocycles. The van der Waals surface area contributed by atoms with E-state index in [4.69, 9.17) is 0 Å². The molecule has 1 unspecified atom stereocenters. The minimum absolute atomic E-state index is 0.243. The van der Waals surface area contributed by atoms with Crippen LogP contribution >= 0.6 is 34.4 Å². The lowest BCUT2D eigenvalue weighted by Crippen LogP contribution is -2.35. The van der Waals surface area contributed by atoms with E-state index < -0.39 is 26.1 Å². The molecular weight excluding hydrogens is 463 g/mol. The number of Topliss-reactive ketones (excluding diaryl/α,β-unsaturated/α-hetero) is 3. The number of halogens is 1. The number of carbonyl (C=O) groups excluding carboxylic acids is 3. The first-order valence-corrected chi connectivity index (χ1v) is 11.4. The number of thioether (sulfide) groups is 1. The summed E-state index contributed by atoms with van der Waals surface area (Å²) in [5.74, 6) is -2.38. The molecule has 1 saturated carbocycles. The zero-order valence-electron chi connectivity index (χ0n) is 12.9. The van der Waals surface area contributed by atoms with Crippen molar-refractivity contribution in [3.8, 4) is 0 Å². The van der Waals surface area contributed by atoms with Gasteiger partial charge in [-0.2, -0.15) is 0 Å². The van der Waals surface area contributed by atoms with Gasteiger partial charge in [-0.1, -0.05) is 0 Å². The smallest absolute Gasteiger partial charge is 0.191 e. The van der Waals surface area contributed by atoms with Gasteiger partial charge in [-0.25, -0.2) is 8.42 Å². The summed E-state index contributed by atoms with van der Waals surface area (Å²) in [5.41, 5.74) is 0.899. The molecule has 0 bridgehead atoms. The predicted octanol–water partition coefficient (Wildman–Crippen LogP) is 2.43. The van der Waals surface area contributed by atoms with Gasteiger partial charge in [0.15, 0.2) is 27.2 Å². The van der Waals surface area contributed by atoms with Gasteiger partial charge in [0, 0.05) is 28.4 Å². The van der Waals surface area contributed by atoms with Gasteiger partial charge in [0.2, 0.25) is 0 Å². The van der Waals surface area contributed by atoms with Gasteiger partial charge in [0.1, 0.15) is 10.5 Å². The third-order valence-electron chi connectivity index (χ3n) is 4.50. The van der Waals surface area contributed by atoms with Gasteiger partial charge < -0.3 is 0 Å². The highest BCUT2D eigenvalue weighted by molar-refractivity contribution is 14.1. The molecule has 1 aromatic rings. The molecule has 1 aromatic carbocycles. The maximum absolute atomic E-state index is 12.8. The van der Waals surface area contributed by atoms with E-state index in [1.807, 2.05) is 22.6 Å². The van der Waals surface area contributed by atoms with Crippen LogP contribution in [0.15, 0.2) is 17.0 Å². The number of benzene rings is 1. The summed E-state index contributed by atoms with van der Waals surface area (Å²) >= 11 is 3.22. The van der Waals surface area contributed by atoms with Gasteiger partial charge in [0.05, 0.1) is 4.90 Å². The minimum Gasteiger partial charge on any atom is -0.298 e. The maximum atomic E-state index is 12.8. The molecule has 1 aliphatic carbocycles. The Morgan fingerprint density at radius 1 is 1.21 bits per heavy atom. The number of hydrogen-bond acceptors (Lipinski definition) is 6. The first-order valence-electron chi connectivity index (χ1n) is 7.46. The van der Waals surface area contributed by atoms with Crippen molar-refractivity contribution in [1.29, 1.82) is 0 Å². The summed E-state index contributed by atoms with van der Waals surface area (Å²) in [7, 11) is -3.39. The third kappa shape index (κ3) is 2.76. The van der Waals surface area contributed by atoms with Gasteiger partial charge in [-0.15, -0.1) is 11.8 Å². The molecule has 24 heavy (non-hydrogen) atoms. The van der Waals surface area contributed by atoms with E-state index in [-0.39, 0.29) is 34.9 Å². The Balaban J connectivity index is 2.05. The molecule has 0 radical (unpaired) electrons. The molecule has 1 heterocycles. The Kier molecular flexibility index (Phi) is 4.91. The topological polar surface area (TPSA) is 85.3 Å². The molecule has 2 aliphatic rings. The zero-order valence-corrected chi connectivity index (χ0v) is 16.7. The molecule has 5 nitrogen and oxygen atoms in total. The second kappa shape index (κ2) is 6.53. The Morgan fingerprint density at radius 2 is 1.83 bits per heavy atom. The van der Waals surface area contributed by atoms with Crippen LogP contribution in [-0.2, 0) is 25.8 Å². The van der Waals surface area contributed by atoms with E-state index in [1.54, 1.807) is 6.26 Å². The summed E-state index contributed by atoms with van der Waals surface area (Å²) in [6.45, 7) is 0. The van der Waals surface area contributed by atoms with Crippen molar-refractivity contribution >= 4 is 61.5 Å². The van der Waals surface area contributed by atoms with E-state index in [0.717, 1.165) is 0 Å². The first-order chi connectivity index (χ1) is 11.3. The lowest BCUT2D eigenvalue weighted by molar-refractivity contribution is -0.133. The average molecular weight is 478 g/mol. The Bertz CT molecular complexity index is 843. The monoisotopic (exact) mass is 478 g/mol. The van der Waals surface area contributed by atoms with E-state index >= 15 is 0 Å². The fourth-order valence-electron chi connectivity index (χ4n) is 3.23. The van der Waals surface area contributed by atoms with Crippen molar-refractivity contribution in [2.24, 2.45) is 5.92 Å². The van der Waals surface area contributed by atoms with Crippen LogP contribution in [0.4, 0.5) is 0 Å². The molecule has 1 atom stereocenters. The second-order valence-electron chi connectivity index (χ2n) is 5.90. The Morgan fingerprint density at radius 3 is 2.42 bits per heavy atom. The normalized spacial score (nSPS) is 23.3. The molecule has 0 N–H and O–H groups in total. The summed E-state index contributed by atoms with van der Waals surface area (Å²) < 4.78 is 24.9. The molecule has 0 amide bonds. The zero-order chi connectivity index (χ0) is 17.6. The Hall–Kier alpha value is -0.740. The second-order valence-corrected chi connectivity index (χ2v) is 10.4. The highest BCUT2D eigenvalue weighted by Crippen LogP contribution is 2.40. The van der Waals surface area contributed by atoms with Crippen LogP contribution in [0, 0.1) is 9.49 Å². The molecule has 0 aromatic heterocycles. The molecule has 3 rings (SSSR count). The van der Waals surface area contributed by atoms with Gasteiger partial charge in [-0.05, 0) is 53.0 Å². The fraction of sp³-hybridized carbons (Fsp3) is 0.438. The van der Waals surface area contributed by atoms with E-state index in [9.17, 15) is 22.8 Å². The SMILES string of the molecule is CSC1Cc2c(ccc(C(=O)C3C(=O)CCCC3=O)c2I)S1(=O)=O. The molecule has 1 aliphatic heterocycles. The highest BCUT2D eigenvalue weighted by Gasteiger charge is 2.41. The summed E-state index contributed by atoms with van der Waals surface area (Å²) in [6.07, 6.45) is 3.06. The third-order valence-corrected chi connectivity index (χ3v) is 9.62. The van der Waals surface area contributed by atoms with Crippen molar-refractivity contribution < 1.29 is 22.8 Å². The van der Waals surface area contributed by atoms with Crippen molar-refractivity contribution in [2.45, 2.75) is 35.2 Å². The van der Waals surface area contributed by atoms with Crippen LogP contribution < -0.4 is 0 Å². The van der Waals surface area contributed by atoms with Crippen LogP contribution in [0.3, 0.4) is 0 Å². The molecule has 128 valence electrons. The van der Waals surface area contributed by atoms with Gasteiger partial charge in [0.25, 0.3) is 0 Å². The minimum atomic E-state index is -3.39. The largest absolute Gasteiger partial charge is 0.298 e. The van der Waals surface area contributed by atoms with Crippen LogP contribution in [0.1, 0.15) is 35.2 Å². The number of ketones is 3. The average Bonchev–Trinajstić information content (AvgIpc) is 2.79. The number of sulfone groups is 1. The maximum Gasteiger partial charge on any atom is 0.191 e. The highest BCUT2D eigenvalue weighted by atomic mass is 127. The molecule has 1 fully saturated rings. The molecule has 8 heteroatoms. The summed E-state index contributed by atoms with van der Waals surface area (Å²) in [6, 6.07) is 2.88. The van der Waals surface area contributed by atoms with Crippen molar-refractivity contribution in [3.63, 3.8) is 0 Å². The van der Waals surface area contributed by atoms with Crippen molar-refractivity contribution in [1.82, 2.24) is 0 Å². The molecule has 0 spiro atoms. The predicted molar refractivity (Wildman–Crippen MR) is 99.0 cm³/mol. The summed E-state index contributed by atoms with van der Waals surface area (Å²) in [5, 5.41) is 0. The van der Waals surface area contributed by atoms with Crippen LogP contribution in [0.5, 0.6) is 0 Å². The van der Waals surface area contributed by atoms with Gasteiger partial charge in [-0.3, -0.25) is 14.4 Å². The number of fused-ring (bicyclic) bond motifs is 1.